The molecule has 0 aromatic heterocycles. The van der Waals surface area contributed by atoms with Gasteiger partial charge in [-0.15, -0.1) is 12.4 Å². The summed E-state index contributed by atoms with van der Waals surface area (Å²) in [6.45, 7) is 4.92. The molecule has 0 fully saturated rings. The van der Waals surface area contributed by atoms with E-state index in [1.165, 1.54) is 6.07 Å². The molecule has 0 spiro atoms. The zero-order chi connectivity index (χ0) is 17.1. The number of carboxylic acid groups (broad SMARTS) is 1. The van der Waals surface area contributed by atoms with Gasteiger partial charge in [-0.1, -0.05) is 25.1 Å². The number of benzene rings is 1. The number of nitrogens with two attached hydrogens (primary N) is 1. The summed E-state index contributed by atoms with van der Waals surface area (Å²) in [5.74, 6) is -1.11. The summed E-state index contributed by atoms with van der Waals surface area (Å²) in [5.41, 5.74) is 4.76. The van der Waals surface area contributed by atoms with Crippen molar-refractivity contribution in [1.82, 2.24) is 0 Å². The normalized spacial score (nSPS) is 14.7. The van der Waals surface area contributed by atoms with E-state index in [0.717, 1.165) is 12.1 Å². The Morgan fingerprint density at radius 3 is 2.30 bits per heavy atom. The van der Waals surface area contributed by atoms with Crippen LogP contribution in [0.4, 0.5) is 13.2 Å². The van der Waals surface area contributed by atoms with Crippen molar-refractivity contribution in [2.75, 3.05) is 0 Å². The van der Waals surface area contributed by atoms with Gasteiger partial charge < -0.3 is 10.8 Å². The Balaban J connectivity index is 0.00000484. The number of hydrogen-bond donors (Lipinski definition) is 2. The van der Waals surface area contributed by atoms with Crippen LogP contribution in [0.15, 0.2) is 24.3 Å². The third-order valence-corrected chi connectivity index (χ3v) is 4.17. The molecule has 1 rings (SSSR count). The Bertz CT molecular complexity index is 532. The maximum atomic E-state index is 12.7. The highest BCUT2D eigenvalue weighted by molar-refractivity contribution is 5.85. The van der Waals surface area contributed by atoms with E-state index < -0.39 is 29.2 Å². The van der Waals surface area contributed by atoms with E-state index in [1.54, 1.807) is 19.9 Å². The average Bonchev–Trinajstić information content (AvgIpc) is 2.43. The van der Waals surface area contributed by atoms with Gasteiger partial charge in [-0.25, -0.2) is 0 Å². The maximum Gasteiger partial charge on any atom is 0.416 e. The Labute approximate surface area is 140 Å². The van der Waals surface area contributed by atoms with Crippen molar-refractivity contribution in [2.24, 2.45) is 11.1 Å². The largest absolute Gasteiger partial charge is 0.481 e. The highest BCUT2D eigenvalue weighted by Crippen LogP contribution is 2.33. The van der Waals surface area contributed by atoms with Crippen LogP contribution in [0, 0.1) is 5.41 Å². The highest BCUT2D eigenvalue weighted by Gasteiger charge is 2.34. The van der Waals surface area contributed by atoms with Crippen LogP contribution in [0.3, 0.4) is 0 Å². The first-order valence-electron chi connectivity index (χ1n) is 7.12. The molecule has 2 unspecified atom stereocenters. The first-order valence-corrected chi connectivity index (χ1v) is 7.12. The molecule has 1 aromatic carbocycles. The second-order valence-electron chi connectivity index (χ2n) is 6.23. The van der Waals surface area contributed by atoms with Gasteiger partial charge >= 0.3 is 12.1 Å². The Kier molecular flexibility index (Phi) is 7.57. The molecule has 23 heavy (non-hydrogen) atoms. The van der Waals surface area contributed by atoms with Gasteiger partial charge in [0, 0.05) is 6.04 Å². The topological polar surface area (TPSA) is 63.3 Å². The van der Waals surface area contributed by atoms with Crippen molar-refractivity contribution in [3.8, 4) is 0 Å². The molecule has 7 heteroatoms. The Hall–Kier alpha value is -1.27. The molecule has 2 atom stereocenters. The van der Waals surface area contributed by atoms with Crippen LogP contribution in [-0.4, -0.2) is 17.1 Å². The molecule has 0 bridgehead atoms. The molecular formula is C16H23ClF3NO2. The van der Waals surface area contributed by atoms with Gasteiger partial charge in [-0.05, 0) is 44.2 Å². The number of hydrogen-bond acceptors (Lipinski definition) is 2. The van der Waals surface area contributed by atoms with Crippen molar-refractivity contribution in [1.29, 1.82) is 0 Å². The lowest BCUT2D eigenvalue weighted by Gasteiger charge is -2.28. The van der Waals surface area contributed by atoms with Crippen LogP contribution in [0.5, 0.6) is 0 Å². The number of aliphatic carboxylic acids is 1. The first-order chi connectivity index (χ1) is 9.96. The SMILES string of the molecule is CC(CCC(N)C(C)(C)C(=O)O)c1cccc(C(F)(F)F)c1.Cl. The zero-order valence-corrected chi connectivity index (χ0v) is 14.2. The number of alkyl halides is 3. The van der Waals surface area contributed by atoms with E-state index in [0.29, 0.717) is 18.4 Å². The Morgan fingerprint density at radius 2 is 1.83 bits per heavy atom. The molecule has 0 amide bonds. The van der Waals surface area contributed by atoms with Gasteiger partial charge in [0.2, 0.25) is 0 Å². The average molecular weight is 354 g/mol. The van der Waals surface area contributed by atoms with Crippen molar-refractivity contribution in [2.45, 2.75) is 51.7 Å². The van der Waals surface area contributed by atoms with E-state index in [2.05, 4.69) is 0 Å². The van der Waals surface area contributed by atoms with Crippen molar-refractivity contribution in [3.05, 3.63) is 35.4 Å². The van der Waals surface area contributed by atoms with Gasteiger partial charge in [-0.3, -0.25) is 4.79 Å². The molecule has 3 N–H and O–H groups in total. The number of carboxylic acids is 1. The van der Waals surface area contributed by atoms with E-state index in [-0.39, 0.29) is 18.3 Å². The van der Waals surface area contributed by atoms with E-state index >= 15 is 0 Å². The van der Waals surface area contributed by atoms with Crippen LogP contribution in [0.2, 0.25) is 0 Å². The molecule has 3 nitrogen and oxygen atoms in total. The van der Waals surface area contributed by atoms with Crippen LogP contribution >= 0.6 is 12.4 Å². The van der Waals surface area contributed by atoms with Crippen molar-refractivity contribution >= 4 is 18.4 Å². The van der Waals surface area contributed by atoms with Gasteiger partial charge in [-0.2, -0.15) is 13.2 Å². The maximum absolute atomic E-state index is 12.7. The van der Waals surface area contributed by atoms with E-state index in [9.17, 15) is 18.0 Å². The lowest BCUT2D eigenvalue weighted by Crippen LogP contribution is -2.43. The highest BCUT2D eigenvalue weighted by atomic mass is 35.5. The smallest absolute Gasteiger partial charge is 0.416 e. The number of carbonyl (C=O) groups is 1. The van der Waals surface area contributed by atoms with E-state index in [1.807, 2.05) is 6.92 Å². The fraction of sp³-hybridized carbons (Fsp3) is 0.562. The Morgan fingerprint density at radius 1 is 1.26 bits per heavy atom. The minimum absolute atomic E-state index is 0. The minimum atomic E-state index is -4.36. The molecule has 0 aliphatic rings. The molecule has 0 heterocycles. The van der Waals surface area contributed by atoms with Gasteiger partial charge in [0.05, 0.1) is 11.0 Å². The summed E-state index contributed by atoms with van der Waals surface area (Å²) < 4.78 is 38.1. The predicted octanol–water partition coefficient (Wildman–Crippen LogP) is 4.45. The molecule has 0 saturated carbocycles. The summed E-state index contributed by atoms with van der Waals surface area (Å²) in [4.78, 5) is 11.1. The van der Waals surface area contributed by atoms with E-state index in [4.69, 9.17) is 10.8 Å². The third-order valence-electron chi connectivity index (χ3n) is 4.17. The number of halogens is 4. The molecule has 0 aliphatic carbocycles. The fourth-order valence-electron chi connectivity index (χ4n) is 2.14. The minimum Gasteiger partial charge on any atom is -0.481 e. The van der Waals surface area contributed by atoms with Gasteiger partial charge in [0.15, 0.2) is 0 Å². The fourth-order valence-corrected chi connectivity index (χ4v) is 2.14. The molecular weight excluding hydrogens is 331 g/mol. The lowest BCUT2D eigenvalue weighted by atomic mass is 9.80. The predicted molar refractivity (Wildman–Crippen MR) is 85.7 cm³/mol. The van der Waals surface area contributed by atoms with Crippen molar-refractivity contribution in [3.63, 3.8) is 0 Å². The van der Waals surface area contributed by atoms with Gasteiger partial charge in [0.1, 0.15) is 0 Å². The quantitative estimate of drug-likeness (QED) is 0.794. The van der Waals surface area contributed by atoms with Crippen LogP contribution < -0.4 is 5.73 Å². The van der Waals surface area contributed by atoms with Crippen LogP contribution in [0.1, 0.15) is 50.7 Å². The summed E-state index contributed by atoms with van der Waals surface area (Å²) in [6.07, 6.45) is -3.41. The monoisotopic (exact) mass is 353 g/mol. The summed E-state index contributed by atoms with van der Waals surface area (Å²) in [5, 5.41) is 9.11. The lowest BCUT2D eigenvalue weighted by molar-refractivity contribution is -0.148. The third kappa shape index (κ3) is 5.70. The van der Waals surface area contributed by atoms with Crippen molar-refractivity contribution < 1.29 is 23.1 Å². The molecule has 0 aliphatic heterocycles. The summed E-state index contributed by atoms with van der Waals surface area (Å²) in [7, 11) is 0. The zero-order valence-electron chi connectivity index (χ0n) is 13.4. The van der Waals surface area contributed by atoms with Gasteiger partial charge in [0.25, 0.3) is 0 Å². The first kappa shape index (κ1) is 21.7. The second kappa shape index (κ2) is 8.02. The molecule has 132 valence electrons. The molecule has 1 aromatic rings. The summed E-state index contributed by atoms with van der Waals surface area (Å²) >= 11 is 0. The standard InChI is InChI=1S/C16H22F3NO2.ClH/c1-10(7-8-13(20)15(2,3)14(21)22)11-5-4-6-12(9-11)16(17,18)19;/h4-6,9-10,13H,7-8,20H2,1-3H3,(H,21,22);1H. The van der Waals surface area contributed by atoms with Crippen LogP contribution in [0.25, 0.3) is 0 Å². The van der Waals surface area contributed by atoms with Crippen LogP contribution in [-0.2, 0) is 11.0 Å². The summed E-state index contributed by atoms with van der Waals surface area (Å²) in [6, 6.07) is 4.65. The molecule has 0 radical (unpaired) electrons. The second-order valence-corrected chi connectivity index (χ2v) is 6.23. The molecule has 0 saturated heterocycles. The number of rotatable bonds is 6.